The Morgan fingerprint density at radius 2 is 1.61 bits per heavy atom. The average molecular weight is 321 g/mol. The van der Waals surface area contributed by atoms with Gasteiger partial charge in [0.15, 0.2) is 5.78 Å². The first-order chi connectivity index (χ1) is 10.9. The van der Waals surface area contributed by atoms with Crippen LogP contribution in [0, 0.1) is 6.92 Å². The molecule has 0 aliphatic heterocycles. The summed E-state index contributed by atoms with van der Waals surface area (Å²) in [7, 11) is 0. The Morgan fingerprint density at radius 3 is 2.13 bits per heavy atom. The van der Waals surface area contributed by atoms with Crippen LogP contribution in [0.4, 0.5) is 0 Å². The van der Waals surface area contributed by atoms with E-state index in [1.807, 2.05) is 31.2 Å². The summed E-state index contributed by atoms with van der Waals surface area (Å²) in [6.45, 7) is 0.204. The zero-order valence-corrected chi connectivity index (χ0v) is 13.2. The maximum atomic E-state index is 11.7. The summed E-state index contributed by atoms with van der Waals surface area (Å²) in [5, 5.41) is 29.7. The highest BCUT2D eigenvalue weighted by atomic mass is 16.3. The molecule has 126 valence electrons. The third-order valence-corrected chi connectivity index (χ3v) is 3.45. The summed E-state index contributed by atoms with van der Waals surface area (Å²) in [4.78, 5) is 23.5. The van der Waals surface area contributed by atoms with Crippen molar-refractivity contribution in [1.82, 2.24) is 5.32 Å². The van der Waals surface area contributed by atoms with Crippen molar-refractivity contribution in [2.75, 3.05) is 19.8 Å². The number of carbonyl (C=O) groups excluding carboxylic acids is 2. The molecule has 0 aliphatic rings. The maximum absolute atomic E-state index is 11.7. The SMILES string of the molecule is Cc1ccc(/C=C/C(=O)CCC(=O)NC(CO)(CO)CO)cc1. The maximum Gasteiger partial charge on any atom is 0.221 e. The summed E-state index contributed by atoms with van der Waals surface area (Å²) in [5.41, 5.74) is 0.566. The highest BCUT2D eigenvalue weighted by Crippen LogP contribution is 2.07. The van der Waals surface area contributed by atoms with Gasteiger partial charge >= 0.3 is 0 Å². The highest BCUT2D eigenvalue weighted by Gasteiger charge is 2.29. The fraction of sp³-hybridized carbons (Fsp3) is 0.412. The van der Waals surface area contributed by atoms with E-state index in [1.54, 1.807) is 6.08 Å². The second kappa shape index (κ2) is 9.19. The van der Waals surface area contributed by atoms with Crippen LogP contribution < -0.4 is 5.32 Å². The summed E-state index contributed by atoms with van der Waals surface area (Å²) < 4.78 is 0. The van der Waals surface area contributed by atoms with Gasteiger partial charge in [0.05, 0.1) is 19.8 Å². The lowest BCUT2D eigenvalue weighted by atomic mass is 10.0. The molecule has 0 bridgehead atoms. The molecule has 1 aromatic rings. The smallest absolute Gasteiger partial charge is 0.221 e. The van der Waals surface area contributed by atoms with E-state index in [1.165, 1.54) is 6.08 Å². The van der Waals surface area contributed by atoms with Crippen molar-refractivity contribution in [3.63, 3.8) is 0 Å². The first-order valence-corrected chi connectivity index (χ1v) is 7.36. The lowest BCUT2D eigenvalue weighted by molar-refractivity contribution is -0.127. The molecular weight excluding hydrogens is 298 g/mol. The summed E-state index contributed by atoms with van der Waals surface area (Å²) in [6, 6.07) is 7.67. The van der Waals surface area contributed by atoms with E-state index in [-0.39, 0.29) is 18.6 Å². The molecule has 4 N–H and O–H groups in total. The zero-order valence-electron chi connectivity index (χ0n) is 13.2. The van der Waals surface area contributed by atoms with Crippen molar-refractivity contribution in [1.29, 1.82) is 0 Å². The standard InChI is InChI=1S/C17H23NO5/c1-13-2-4-14(5-3-13)6-7-15(22)8-9-16(23)18-17(10-19,11-20)12-21/h2-7,19-21H,8-12H2,1H3,(H,18,23)/b7-6+. The quantitative estimate of drug-likeness (QED) is 0.486. The molecule has 0 saturated carbocycles. The monoisotopic (exact) mass is 321 g/mol. The van der Waals surface area contributed by atoms with Crippen LogP contribution in [-0.2, 0) is 9.59 Å². The van der Waals surface area contributed by atoms with E-state index in [0.717, 1.165) is 11.1 Å². The third kappa shape index (κ3) is 6.32. The summed E-state index contributed by atoms with van der Waals surface area (Å²) >= 11 is 0. The van der Waals surface area contributed by atoms with Crippen LogP contribution in [0.25, 0.3) is 6.08 Å². The van der Waals surface area contributed by atoms with Crippen LogP contribution in [0.15, 0.2) is 30.3 Å². The Kier molecular flexibility index (Phi) is 7.61. The molecule has 0 saturated heterocycles. The summed E-state index contributed by atoms with van der Waals surface area (Å²) in [5.74, 6) is -0.720. The summed E-state index contributed by atoms with van der Waals surface area (Å²) in [6.07, 6.45) is 3.01. The van der Waals surface area contributed by atoms with Crippen LogP contribution in [0.3, 0.4) is 0 Å². The van der Waals surface area contributed by atoms with Crippen molar-refractivity contribution in [2.24, 2.45) is 0 Å². The number of hydrogen-bond acceptors (Lipinski definition) is 5. The van der Waals surface area contributed by atoms with Gasteiger partial charge in [-0.2, -0.15) is 0 Å². The highest BCUT2D eigenvalue weighted by molar-refractivity contribution is 5.95. The number of ketones is 1. The molecule has 1 aromatic carbocycles. The Bertz CT molecular complexity index is 538. The molecule has 0 unspecified atom stereocenters. The topological polar surface area (TPSA) is 107 Å². The van der Waals surface area contributed by atoms with Gasteiger partial charge in [-0.3, -0.25) is 9.59 Å². The number of aliphatic hydroxyl groups is 3. The normalized spacial score (nSPS) is 11.7. The van der Waals surface area contributed by atoms with Gasteiger partial charge in [0.25, 0.3) is 0 Å². The van der Waals surface area contributed by atoms with Crippen LogP contribution >= 0.6 is 0 Å². The Balaban J connectivity index is 2.46. The Hall–Kier alpha value is -2.02. The average Bonchev–Trinajstić information content (AvgIpc) is 2.57. The molecule has 0 spiro atoms. The van der Waals surface area contributed by atoms with E-state index in [2.05, 4.69) is 5.32 Å². The van der Waals surface area contributed by atoms with Gasteiger partial charge in [0.1, 0.15) is 5.54 Å². The van der Waals surface area contributed by atoms with Crippen LogP contribution in [0.2, 0.25) is 0 Å². The zero-order chi connectivity index (χ0) is 17.3. The molecule has 1 amide bonds. The van der Waals surface area contributed by atoms with Crippen LogP contribution in [0.5, 0.6) is 0 Å². The first kappa shape index (κ1) is 19.0. The lowest BCUT2D eigenvalue weighted by Crippen LogP contribution is -2.57. The molecule has 0 atom stereocenters. The predicted octanol–water partition coefficient (Wildman–Crippen LogP) is 0.189. The molecule has 0 heterocycles. The van der Waals surface area contributed by atoms with Crippen molar-refractivity contribution in [2.45, 2.75) is 25.3 Å². The fourth-order valence-electron chi connectivity index (χ4n) is 1.81. The van der Waals surface area contributed by atoms with Crippen LogP contribution in [0.1, 0.15) is 24.0 Å². The van der Waals surface area contributed by atoms with Gasteiger partial charge in [-0.1, -0.05) is 35.9 Å². The van der Waals surface area contributed by atoms with Crippen molar-refractivity contribution in [3.8, 4) is 0 Å². The second-order valence-electron chi connectivity index (χ2n) is 5.51. The van der Waals surface area contributed by atoms with Gasteiger partial charge in [-0.25, -0.2) is 0 Å². The second-order valence-corrected chi connectivity index (χ2v) is 5.51. The number of nitrogens with one attached hydrogen (secondary N) is 1. The molecular formula is C17H23NO5. The minimum absolute atomic E-state index is 0.00651. The first-order valence-electron chi connectivity index (χ1n) is 7.36. The third-order valence-electron chi connectivity index (χ3n) is 3.45. The number of carbonyl (C=O) groups is 2. The fourth-order valence-corrected chi connectivity index (χ4v) is 1.81. The number of amides is 1. The van der Waals surface area contributed by atoms with Crippen molar-refractivity contribution >= 4 is 17.8 Å². The molecule has 0 fully saturated rings. The molecule has 6 heteroatoms. The molecule has 0 radical (unpaired) electrons. The number of hydrogen-bond donors (Lipinski definition) is 4. The molecule has 0 aromatic heterocycles. The number of rotatable bonds is 9. The number of aryl methyl sites for hydroxylation is 1. The minimum atomic E-state index is -1.46. The van der Waals surface area contributed by atoms with Crippen LogP contribution in [-0.4, -0.2) is 52.4 Å². The number of allylic oxidation sites excluding steroid dienone is 1. The Labute approximate surface area is 135 Å². The van der Waals surface area contributed by atoms with E-state index in [0.29, 0.717) is 0 Å². The molecule has 1 rings (SSSR count). The molecule has 23 heavy (non-hydrogen) atoms. The van der Waals surface area contributed by atoms with Gasteiger partial charge in [-0.05, 0) is 18.6 Å². The largest absolute Gasteiger partial charge is 0.394 e. The van der Waals surface area contributed by atoms with Crippen molar-refractivity contribution < 1.29 is 24.9 Å². The van der Waals surface area contributed by atoms with Gasteiger partial charge in [-0.15, -0.1) is 0 Å². The minimum Gasteiger partial charge on any atom is -0.394 e. The molecule has 6 nitrogen and oxygen atoms in total. The van der Waals surface area contributed by atoms with Crippen molar-refractivity contribution in [3.05, 3.63) is 41.5 Å². The van der Waals surface area contributed by atoms with Gasteiger partial charge in [0.2, 0.25) is 5.91 Å². The van der Waals surface area contributed by atoms with E-state index < -0.39 is 31.3 Å². The number of benzene rings is 1. The molecule has 0 aliphatic carbocycles. The van der Waals surface area contributed by atoms with Gasteiger partial charge in [0, 0.05) is 12.8 Å². The van der Waals surface area contributed by atoms with E-state index in [4.69, 9.17) is 15.3 Å². The van der Waals surface area contributed by atoms with E-state index in [9.17, 15) is 9.59 Å². The van der Waals surface area contributed by atoms with E-state index >= 15 is 0 Å². The predicted molar refractivity (Wildman–Crippen MR) is 86.6 cm³/mol. The number of aliphatic hydroxyl groups excluding tert-OH is 3. The Morgan fingerprint density at radius 1 is 1.04 bits per heavy atom. The lowest BCUT2D eigenvalue weighted by Gasteiger charge is -2.28. The van der Waals surface area contributed by atoms with Gasteiger partial charge < -0.3 is 20.6 Å².